The molecule has 4 aromatic rings. The highest BCUT2D eigenvalue weighted by molar-refractivity contribution is 5.86. The van der Waals surface area contributed by atoms with Crippen molar-refractivity contribution in [1.82, 2.24) is 19.5 Å². The summed E-state index contributed by atoms with van der Waals surface area (Å²) >= 11 is 0. The second-order valence-electron chi connectivity index (χ2n) is 11.0. The van der Waals surface area contributed by atoms with Crippen molar-refractivity contribution < 1.29 is 10.2 Å². The van der Waals surface area contributed by atoms with Gasteiger partial charge in [0.2, 0.25) is 0 Å². The van der Waals surface area contributed by atoms with E-state index in [1.807, 2.05) is 22.9 Å². The number of aromatic nitrogens is 4. The van der Waals surface area contributed by atoms with Crippen LogP contribution in [0.15, 0.2) is 48.9 Å². The molecule has 180 valence electrons. The summed E-state index contributed by atoms with van der Waals surface area (Å²) in [5, 5.41) is 28.3. The molecule has 6 atom stereocenters. The van der Waals surface area contributed by atoms with Crippen molar-refractivity contribution in [2.75, 3.05) is 11.1 Å². The zero-order valence-electron chi connectivity index (χ0n) is 19.9. The fourth-order valence-corrected chi connectivity index (χ4v) is 7.49. The van der Waals surface area contributed by atoms with E-state index >= 15 is 0 Å². The molecule has 8 nitrogen and oxygen atoms in total. The van der Waals surface area contributed by atoms with Crippen LogP contribution < -0.4 is 11.1 Å². The van der Waals surface area contributed by atoms with Gasteiger partial charge in [-0.05, 0) is 74.8 Å². The Morgan fingerprint density at radius 2 is 2.03 bits per heavy atom. The summed E-state index contributed by atoms with van der Waals surface area (Å²) in [6.07, 6.45) is 5.19. The summed E-state index contributed by atoms with van der Waals surface area (Å²) in [6, 6.07) is 12.6. The first-order chi connectivity index (χ1) is 16.8. The monoisotopic (exact) mass is 470 g/mol. The molecule has 8 heteroatoms. The number of hydrogen-bond donors (Lipinski definition) is 4. The number of aryl methyl sites for hydroxylation is 1. The molecule has 3 aromatic heterocycles. The number of nitrogens with one attached hydrogen (secondary N) is 1. The van der Waals surface area contributed by atoms with E-state index in [0.29, 0.717) is 11.9 Å². The summed E-state index contributed by atoms with van der Waals surface area (Å²) < 4.78 is 2.02. The van der Waals surface area contributed by atoms with Gasteiger partial charge in [0.15, 0.2) is 0 Å². The maximum atomic E-state index is 11.6. The molecule has 5 saturated carbocycles. The van der Waals surface area contributed by atoms with E-state index in [9.17, 15) is 10.2 Å². The fraction of sp³-hybridized carbons (Fsp3) is 0.444. The van der Waals surface area contributed by atoms with Crippen molar-refractivity contribution in [1.29, 1.82) is 0 Å². The van der Waals surface area contributed by atoms with Gasteiger partial charge in [0.05, 0.1) is 23.0 Å². The van der Waals surface area contributed by atoms with Gasteiger partial charge in [-0.2, -0.15) is 0 Å². The van der Waals surface area contributed by atoms with Crippen molar-refractivity contribution >= 4 is 33.6 Å². The van der Waals surface area contributed by atoms with Crippen molar-refractivity contribution in [3.05, 3.63) is 54.5 Å². The summed E-state index contributed by atoms with van der Waals surface area (Å²) in [7, 11) is 0. The second kappa shape index (κ2) is 6.92. The van der Waals surface area contributed by atoms with Crippen molar-refractivity contribution in [3.8, 4) is 0 Å². The Morgan fingerprint density at radius 3 is 2.86 bits per heavy atom. The molecule has 5 aliphatic carbocycles. The van der Waals surface area contributed by atoms with Crippen molar-refractivity contribution in [2.45, 2.75) is 56.9 Å². The van der Waals surface area contributed by atoms with Gasteiger partial charge in [-0.3, -0.25) is 0 Å². The largest absolute Gasteiger partial charge is 0.389 e. The quantitative estimate of drug-likeness (QED) is 0.341. The van der Waals surface area contributed by atoms with E-state index in [2.05, 4.69) is 53.4 Å². The van der Waals surface area contributed by atoms with Gasteiger partial charge in [0.1, 0.15) is 29.2 Å². The molecule has 3 heterocycles. The molecule has 1 aromatic carbocycles. The Kier molecular flexibility index (Phi) is 4.17. The molecule has 0 aliphatic heterocycles. The number of fused-ring (bicyclic) bond motifs is 2. The molecule has 9 rings (SSSR count). The lowest BCUT2D eigenvalue weighted by molar-refractivity contribution is -0.196. The van der Waals surface area contributed by atoms with Crippen LogP contribution in [0.4, 0.5) is 11.6 Å². The minimum absolute atomic E-state index is 0.141. The van der Waals surface area contributed by atoms with Gasteiger partial charge in [-0.1, -0.05) is 12.1 Å². The third-order valence-electron chi connectivity index (χ3n) is 9.00. The van der Waals surface area contributed by atoms with Crippen LogP contribution in [-0.4, -0.2) is 47.5 Å². The predicted octanol–water partition coefficient (Wildman–Crippen LogP) is 3.30. The van der Waals surface area contributed by atoms with E-state index in [1.165, 1.54) is 11.9 Å². The number of nitrogen functional groups attached to an aromatic ring is 1. The lowest BCUT2D eigenvalue weighted by atomic mass is 9.47. The predicted molar refractivity (Wildman–Crippen MR) is 135 cm³/mol. The van der Waals surface area contributed by atoms with Crippen LogP contribution in [0, 0.1) is 17.3 Å². The number of nitrogens with zero attached hydrogens (tertiary/aromatic N) is 4. The standard InChI is InChI=1S/C27H30N6O2/c1-14(2)31-20-6-5-16-4-3-15(11-19(16)32-20)7-9-26-12-18-21(26)22(27(18,35)25(26)34)33-10-8-17-23(28)29-13-30-24(17)33/h3-6,8,10-11,13-14,18,21-22,25,34-35H,7,9,12H2,1-2H3,(H,31,32)(H2,28,29,30)/t18?,21-,22-,25-,26-,27-/m1/s1. The van der Waals surface area contributed by atoms with Gasteiger partial charge < -0.3 is 25.8 Å². The highest BCUT2D eigenvalue weighted by atomic mass is 16.4. The summed E-state index contributed by atoms with van der Waals surface area (Å²) in [5.74, 6) is 1.69. The van der Waals surface area contributed by atoms with Gasteiger partial charge in [-0.15, -0.1) is 0 Å². The van der Waals surface area contributed by atoms with Gasteiger partial charge in [0, 0.05) is 23.0 Å². The van der Waals surface area contributed by atoms with E-state index in [4.69, 9.17) is 10.7 Å². The summed E-state index contributed by atoms with van der Waals surface area (Å²) in [5.41, 5.74) is 7.55. The van der Waals surface area contributed by atoms with E-state index in [-0.39, 0.29) is 23.3 Å². The Hall–Kier alpha value is -3.23. The average molecular weight is 471 g/mol. The molecule has 35 heavy (non-hydrogen) atoms. The molecular weight excluding hydrogens is 440 g/mol. The van der Waals surface area contributed by atoms with Crippen LogP contribution in [0.25, 0.3) is 21.9 Å². The Bertz CT molecular complexity index is 1480. The maximum Gasteiger partial charge on any atom is 0.145 e. The molecule has 1 unspecified atom stereocenters. The molecule has 5 aliphatic rings. The van der Waals surface area contributed by atoms with Crippen LogP contribution in [0.1, 0.15) is 38.3 Å². The normalized spacial score (nSPS) is 32.7. The zero-order valence-corrected chi connectivity index (χ0v) is 19.9. The maximum absolute atomic E-state index is 11.6. The Morgan fingerprint density at radius 1 is 1.20 bits per heavy atom. The number of aliphatic hydroxyl groups excluding tert-OH is 1. The lowest BCUT2D eigenvalue weighted by Gasteiger charge is -2.60. The number of pyridine rings is 1. The van der Waals surface area contributed by atoms with E-state index < -0.39 is 11.7 Å². The number of aliphatic hydroxyl groups is 2. The lowest BCUT2D eigenvalue weighted by Crippen LogP contribution is -2.63. The number of nitrogens with two attached hydrogens (primary N) is 1. The second-order valence-corrected chi connectivity index (χ2v) is 11.0. The van der Waals surface area contributed by atoms with Gasteiger partial charge >= 0.3 is 0 Å². The number of benzene rings is 1. The topological polar surface area (TPSA) is 122 Å². The first-order valence-corrected chi connectivity index (χ1v) is 12.5. The third-order valence-corrected chi connectivity index (χ3v) is 9.00. The zero-order chi connectivity index (χ0) is 24.1. The molecule has 5 fully saturated rings. The summed E-state index contributed by atoms with van der Waals surface area (Å²) in [4.78, 5) is 13.3. The number of rotatable bonds is 6. The number of anilines is 2. The minimum Gasteiger partial charge on any atom is -0.389 e. The van der Waals surface area contributed by atoms with E-state index in [1.54, 1.807) is 0 Å². The molecule has 4 bridgehead atoms. The minimum atomic E-state index is -1.11. The fourth-order valence-electron chi connectivity index (χ4n) is 7.49. The smallest absolute Gasteiger partial charge is 0.145 e. The number of hydrogen-bond acceptors (Lipinski definition) is 7. The third kappa shape index (κ3) is 2.61. The van der Waals surface area contributed by atoms with Gasteiger partial charge in [0.25, 0.3) is 0 Å². The molecule has 0 saturated heterocycles. The average Bonchev–Trinajstić information content (AvgIpc) is 3.43. The van der Waals surface area contributed by atoms with E-state index in [0.717, 1.165) is 47.0 Å². The molecule has 0 spiro atoms. The first-order valence-electron chi connectivity index (χ1n) is 12.5. The van der Waals surface area contributed by atoms with Crippen LogP contribution in [0.5, 0.6) is 0 Å². The highest BCUT2D eigenvalue weighted by Crippen LogP contribution is 2.83. The summed E-state index contributed by atoms with van der Waals surface area (Å²) in [6.45, 7) is 4.20. The van der Waals surface area contributed by atoms with Crippen molar-refractivity contribution in [3.63, 3.8) is 0 Å². The van der Waals surface area contributed by atoms with Crippen LogP contribution in [-0.2, 0) is 6.42 Å². The first kappa shape index (κ1) is 21.1. The van der Waals surface area contributed by atoms with Crippen LogP contribution in [0.2, 0.25) is 0 Å². The molecule has 0 amide bonds. The SMILES string of the molecule is CC(C)Nc1ccc2ccc(CC[C@@]34CC5[C@@H]3[C@@H](n3ccc6c(N)ncnc63)[C@@]5(O)[C@@H]4O)cc2n1. The molecule has 5 N–H and O–H groups in total. The molecule has 0 radical (unpaired) electrons. The Labute approximate surface area is 203 Å². The Balaban J connectivity index is 1.16. The van der Waals surface area contributed by atoms with Crippen LogP contribution in [0.3, 0.4) is 0 Å². The molecular formula is C27H30N6O2. The van der Waals surface area contributed by atoms with Crippen LogP contribution >= 0.6 is 0 Å². The van der Waals surface area contributed by atoms with Crippen molar-refractivity contribution in [2.24, 2.45) is 17.3 Å². The highest BCUT2D eigenvalue weighted by Gasteiger charge is 2.88. The van der Waals surface area contributed by atoms with Gasteiger partial charge in [-0.25, -0.2) is 15.0 Å².